The van der Waals surface area contributed by atoms with Gasteiger partial charge in [0.15, 0.2) is 17.5 Å². The molecule has 0 bridgehead atoms. The molecule has 0 aliphatic carbocycles. The summed E-state index contributed by atoms with van der Waals surface area (Å²) in [5, 5.41) is 4.01. The summed E-state index contributed by atoms with van der Waals surface area (Å²) in [6, 6.07) is 8.21. The van der Waals surface area contributed by atoms with E-state index in [0.29, 0.717) is 5.03 Å². The van der Waals surface area contributed by atoms with E-state index in [-0.39, 0.29) is 10.8 Å². The lowest BCUT2D eigenvalue weighted by molar-refractivity contribution is 0.551. The molecule has 0 unspecified atom stereocenters. The molecule has 0 saturated heterocycles. The Kier molecular flexibility index (Phi) is 3.66. The summed E-state index contributed by atoms with van der Waals surface area (Å²) in [6.45, 7) is 0. The molecule has 0 radical (unpaired) electrons. The minimum Gasteiger partial charge on any atom is -0.371 e. The largest absolute Gasteiger partial charge is 0.371 e. The third-order valence-electron chi connectivity index (χ3n) is 2.83. The lowest BCUT2D eigenvalue weighted by Gasteiger charge is -2.07. The van der Waals surface area contributed by atoms with Crippen molar-refractivity contribution in [3.63, 3.8) is 0 Å². The van der Waals surface area contributed by atoms with Crippen LogP contribution in [0.1, 0.15) is 0 Å². The molecule has 2 heterocycles. The molecule has 21 heavy (non-hydrogen) atoms. The number of anilines is 1. The summed E-state index contributed by atoms with van der Waals surface area (Å²) < 4.78 is 27.3. The molecule has 1 N–H and O–H groups in total. The highest BCUT2D eigenvalue weighted by Crippen LogP contribution is 2.32. The van der Waals surface area contributed by atoms with E-state index in [1.165, 1.54) is 13.4 Å². The number of nitrogens with zero attached hydrogens (tertiary/aromatic N) is 3. The van der Waals surface area contributed by atoms with Gasteiger partial charge in [0.1, 0.15) is 16.4 Å². The van der Waals surface area contributed by atoms with Crippen LogP contribution in [0.4, 0.5) is 14.6 Å². The van der Waals surface area contributed by atoms with E-state index in [4.69, 9.17) is 0 Å². The maximum Gasteiger partial charge on any atom is 0.168 e. The van der Waals surface area contributed by atoms with Gasteiger partial charge in [-0.1, -0.05) is 18.2 Å². The molecule has 2 aromatic heterocycles. The SMILES string of the molecule is CNc1nc(Sc2ncnc3ccccc23)c(F)cc1F. The zero-order chi connectivity index (χ0) is 14.8. The van der Waals surface area contributed by atoms with E-state index in [1.54, 1.807) is 0 Å². The van der Waals surface area contributed by atoms with E-state index in [2.05, 4.69) is 20.3 Å². The second-order valence-electron chi connectivity index (χ2n) is 4.15. The van der Waals surface area contributed by atoms with Gasteiger partial charge in [-0.25, -0.2) is 23.7 Å². The van der Waals surface area contributed by atoms with Crippen LogP contribution in [0, 0.1) is 11.6 Å². The molecule has 0 amide bonds. The fraction of sp³-hybridized carbons (Fsp3) is 0.0714. The number of para-hydroxylation sites is 1. The highest BCUT2D eigenvalue weighted by atomic mass is 32.2. The number of hydrogen-bond acceptors (Lipinski definition) is 5. The summed E-state index contributed by atoms with van der Waals surface area (Å²) in [5.74, 6) is -1.46. The van der Waals surface area contributed by atoms with Crippen LogP contribution in [0.2, 0.25) is 0 Å². The first-order valence-corrected chi connectivity index (χ1v) is 6.92. The molecule has 4 nitrogen and oxygen atoms in total. The zero-order valence-corrected chi connectivity index (χ0v) is 11.8. The van der Waals surface area contributed by atoms with Crippen LogP contribution in [-0.2, 0) is 0 Å². The van der Waals surface area contributed by atoms with Gasteiger partial charge in [0, 0.05) is 18.5 Å². The summed E-state index contributed by atoms with van der Waals surface area (Å²) in [4.78, 5) is 12.2. The average molecular weight is 304 g/mol. The van der Waals surface area contributed by atoms with Crippen molar-refractivity contribution in [2.24, 2.45) is 0 Å². The average Bonchev–Trinajstić information content (AvgIpc) is 2.50. The number of fused-ring (bicyclic) bond motifs is 1. The van der Waals surface area contributed by atoms with Gasteiger partial charge in [0.25, 0.3) is 0 Å². The number of hydrogen-bond donors (Lipinski definition) is 1. The van der Waals surface area contributed by atoms with Crippen molar-refractivity contribution in [3.05, 3.63) is 48.3 Å². The fourth-order valence-electron chi connectivity index (χ4n) is 1.85. The van der Waals surface area contributed by atoms with Crippen molar-refractivity contribution in [2.75, 3.05) is 12.4 Å². The number of benzene rings is 1. The van der Waals surface area contributed by atoms with Gasteiger partial charge in [0.05, 0.1) is 5.52 Å². The van der Waals surface area contributed by atoms with Gasteiger partial charge in [-0.15, -0.1) is 0 Å². The molecule has 0 aliphatic rings. The molecule has 0 saturated carbocycles. The lowest BCUT2D eigenvalue weighted by atomic mass is 10.2. The molecular weight excluding hydrogens is 294 g/mol. The van der Waals surface area contributed by atoms with Crippen LogP contribution >= 0.6 is 11.8 Å². The topological polar surface area (TPSA) is 50.7 Å². The van der Waals surface area contributed by atoms with Crippen LogP contribution in [-0.4, -0.2) is 22.0 Å². The molecule has 3 aromatic rings. The second kappa shape index (κ2) is 5.61. The Morgan fingerprint density at radius 3 is 2.67 bits per heavy atom. The minimum absolute atomic E-state index is 0.00254. The van der Waals surface area contributed by atoms with Crippen LogP contribution in [0.25, 0.3) is 10.9 Å². The number of halogens is 2. The number of aromatic nitrogens is 3. The van der Waals surface area contributed by atoms with E-state index < -0.39 is 11.6 Å². The predicted molar refractivity (Wildman–Crippen MR) is 77.4 cm³/mol. The molecule has 0 atom stereocenters. The van der Waals surface area contributed by atoms with Gasteiger partial charge in [-0.3, -0.25) is 0 Å². The summed E-state index contributed by atoms with van der Waals surface area (Å²) >= 11 is 1.04. The normalized spacial score (nSPS) is 10.8. The molecular formula is C14H10F2N4S. The van der Waals surface area contributed by atoms with E-state index >= 15 is 0 Å². The number of nitrogens with one attached hydrogen (secondary N) is 1. The first-order valence-electron chi connectivity index (χ1n) is 6.10. The molecule has 1 aromatic carbocycles. The molecule has 0 spiro atoms. The first-order chi connectivity index (χ1) is 10.2. The van der Waals surface area contributed by atoms with E-state index in [0.717, 1.165) is 28.7 Å². The van der Waals surface area contributed by atoms with Gasteiger partial charge in [-0.2, -0.15) is 0 Å². The van der Waals surface area contributed by atoms with Crippen molar-refractivity contribution in [1.82, 2.24) is 15.0 Å². The monoisotopic (exact) mass is 304 g/mol. The van der Waals surface area contributed by atoms with Crippen molar-refractivity contribution in [1.29, 1.82) is 0 Å². The Morgan fingerprint density at radius 1 is 1.05 bits per heavy atom. The van der Waals surface area contributed by atoms with Crippen LogP contribution in [0.3, 0.4) is 0 Å². The molecule has 106 valence electrons. The Morgan fingerprint density at radius 2 is 1.86 bits per heavy atom. The standard InChI is InChI=1S/C14H10F2N4S/c1-17-12-9(15)6-10(16)14(20-12)21-13-8-4-2-3-5-11(8)18-7-19-13/h2-7H,1H3,(H,17,20). The van der Waals surface area contributed by atoms with Gasteiger partial charge >= 0.3 is 0 Å². The highest BCUT2D eigenvalue weighted by molar-refractivity contribution is 7.99. The van der Waals surface area contributed by atoms with Crippen molar-refractivity contribution in [3.8, 4) is 0 Å². The Labute approximate surface area is 123 Å². The predicted octanol–water partition coefficient (Wildman–Crippen LogP) is 3.50. The number of rotatable bonds is 3. The van der Waals surface area contributed by atoms with Crippen LogP contribution in [0.5, 0.6) is 0 Å². The van der Waals surface area contributed by atoms with E-state index in [9.17, 15) is 8.78 Å². The Hall–Kier alpha value is -2.28. The third-order valence-corrected chi connectivity index (χ3v) is 3.83. The first kappa shape index (κ1) is 13.7. The summed E-state index contributed by atoms with van der Waals surface area (Å²) in [7, 11) is 1.53. The lowest BCUT2D eigenvalue weighted by Crippen LogP contribution is -2.00. The highest BCUT2D eigenvalue weighted by Gasteiger charge is 2.14. The maximum absolute atomic E-state index is 13.9. The van der Waals surface area contributed by atoms with Gasteiger partial charge < -0.3 is 5.32 Å². The smallest absolute Gasteiger partial charge is 0.168 e. The van der Waals surface area contributed by atoms with Crippen molar-refractivity contribution >= 4 is 28.5 Å². The van der Waals surface area contributed by atoms with E-state index in [1.807, 2.05) is 24.3 Å². The quantitative estimate of drug-likeness (QED) is 0.751. The van der Waals surface area contributed by atoms with Crippen LogP contribution in [0.15, 0.2) is 46.7 Å². The molecule has 7 heteroatoms. The summed E-state index contributed by atoms with van der Waals surface area (Å²) in [5.41, 5.74) is 0.756. The summed E-state index contributed by atoms with van der Waals surface area (Å²) in [6.07, 6.45) is 1.41. The van der Waals surface area contributed by atoms with Crippen LogP contribution < -0.4 is 5.32 Å². The zero-order valence-electron chi connectivity index (χ0n) is 11.0. The fourth-order valence-corrected chi connectivity index (χ4v) is 2.71. The molecule has 3 rings (SSSR count). The third kappa shape index (κ3) is 2.64. The van der Waals surface area contributed by atoms with Crippen molar-refractivity contribution in [2.45, 2.75) is 10.1 Å². The second-order valence-corrected chi connectivity index (χ2v) is 5.13. The van der Waals surface area contributed by atoms with Gasteiger partial charge in [0.2, 0.25) is 0 Å². The van der Waals surface area contributed by atoms with Gasteiger partial charge in [-0.05, 0) is 17.8 Å². The van der Waals surface area contributed by atoms with Crippen molar-refractivity contribution < 1.29 is 8.78 Å². The minimum atomic E-state index is -0.730. The maximum atomic E-state index is 13.9. The molecule has 0 aliphatic heterocycles. The Bertz CT molecular complexity index is 805. The Balaban J connectivity index is 2.07. The molecule has 0 fully saturated rings. The number of pyridine rings is 1.